The van der Waals surface area contributed by atoms with Crippen LogP contribution >= 0.6 is 0 Å². The van der Waals surface area contributed by atoms with Crippen LogP contribution in [0.5, 0.6) is 5.75 Å². The molecule has 150 valence electrons. The van der Waals surface area contributed by atoms with Gasteiger partial charge in [0.15, 0.2) is 12.6 Å². The summed E-state index contributed by atoms with van der Waals surface area (Å²) < 4.78 is 11.6. The maximum atomic E-state index is 12.6. The highest BCUT2D eigenvalue weighted by molar-refractivity contribution is 5.81. The number of tetrazole rings is 1. The molecule has 0 saturated heterocycles. The SMILES string of the molecule is COc1ccc(CNC(=O)COC(=O)[C@H](Cc2ccccc2)n2cnnn2)cc1. The molecule has 1 atom stereocenters. The molecule has 3 rings (SSSR count). The van der Waals surface area contributed by atoms with Gasteiger partial charge in [-0.3, -0.25) is 4.79 Å². The number of carbonyl (C=O) groups excluding carboxylic acids is 2. The molecule has 0 spiro atoms. The van der Waals surface area contributed by atoms with Gasteiger partial charge in [0, 0.05) is 13.0 Å². The number of aromatic nitrogens is 4. The maximum absolute atomic E-state index is 12.6. The first kappa shape index (κ1) is 20.0. The Balaban J connectivity index is 1.53. The largest absolute Gasteiger partial charge is 0.497 e. The molecule has 0 saturated carbocycles. The zero-order valence-electron chi connectivity index (χ0n) is 15.9. The lowest BCUT2D eigenvalue weighted by Gasteiger charge is -2.15. The molecule has 1 heterocycles. The second kappa shape index (κ2) is 9.98. The molecule has 1 aromatic heterocycles. The normalized spacial score (nSPS) is 11.5. The molecule has 0 unspecified atom stereocenters. The third-order valence-corrected chi connectivity index (χ3v) is 4.22. The van der Waals surface area contributed by atoms with E-state index in [2.05, 4.69) is 20.8 Å². The highest BCUT2D eigenvalue weighted by atomic mass is 16.5. The van der Waals surface area contributed by atoms with Crippen LogP contribution in [-0.4, -0.2) is 45.8 Å². The zero-order valence-corrected chi connectivity index (χ0v) is 15.9. The minimum absolute atomic E-state index is 0.320. The fraction of sp³-hybridized carbons (Fsp3) is 0.250. The fourth-order valence-electron chi connectivity index (χ4n) is 2.66. The Hall–Kier alpha value is -3.75. The Morgan fingerprint density at radius 3 is 2.48 bits per heavy atom. The Morgan fingerprint density at radius 2 is 1.83 bits per heavy atom. The molecule has 2 aromatic carbocycles. The number of hydrogen-bond acceptors (Lipinski definition) is 7. The van der Waals surface area contributed by atoms with Gasteiger partial charge in [-0.05, 0) is 33.7 Å². The van der Waals surface area contributed by atoms with Gasteiger partial charge in [0.2, 0.25) is 0 Å². The van der Waals surface area contributed by atoms with E-state index in [0.717, 1.165) is 16.9 Å². The number of carbonyl (C=O) groups is 2. The summed E-state index contributed by atoms with van der Waals surface area (Å²) in [6.07, 6.45) is 1.69. The van der Waals surface area contributed by atoms with Crippen molar-refractivity contribution >= 4 is 11.9 Å². The first-order valence-electron chi connectivity index (χ1n) is 8.98. The van der Waals surface area contributed by atoms with E-state index in [0.29, 0.717) is 13.0 Å². The smallest absolute Gasteiger partial charge is 0.331 e. The minimum Gasteiger partial charge on any atom is -0.497 e. The second-order valence-corrected chi connectivity index (χ2v) is 6.23. The van der Waals surface area contributed by atoms with Crippen LogP contribution in [0.2, 0.25) is 0 Å². The molecule has 0 fully saturated rings. The number of esters is 1. The van der Waals surface area contributed by atoms with Gasteiger partial charge in [0.25, 0.3) is 5.91 Å². The molecular weight excluding hydrogens is 374 g/mol. The topological polar surface area (TPSA) is 108 Å². The van der Waals surface area contributed by atoms with Crippen LogP contribution in [0.1, 0.15) is 17.2 Å². The van der Waals surface area contributed by atoms with Crippen LogP contribution in [0.15, 0.2) is 60.9 Å². The summed E-state index contributed by atoms with van der Waals surface area (Å²) >= 11 is 0. The molecular formula is C20H21N5O4. The Morgan fingerprint density at radius 1 is 1.07 bits per heavy atom. The van der Waals surface area contributed by atoms with Gasteiger partial charge >= 0.3 is 5.97 Å². The molecule has 0 bridgehead atoms. The molecule has 3 aromatic rings. The van der Waals surface area contributed by atoms with E-state index < -0.39 is 17.9 Å². The van der Waals surface area contributed by atoms with E-state index in [1.165, 1.54) is 11.0 Å². The summed E-state index contributed by atoms with van der Waals surface area (Å²) in [4.78, 5) is 24.6. The van der Waals surface area contributed by atoms with E-state index in [1.54, 1.807) is 7.11 Å². The Bertz CT molecular complexity index is 914. The van der Waals surface area contributed by atoms with Crippen molar-refractivity contribution in [1.82, 2.24) is 25.5 Å². The summed E-state index contributed by atoms with van der Waals surface area (Å²) in [5.41, 5.74) is 1.83. The average molecular weight is 395 g/mol. The lowest BCUT2D eigenvalue weighted by Crippen LogP contribution is -2.31. The van der Waals surface area contributed by atoms with Crippen LogP contribution in [0, 0.1) is 0 Å². The third-order valence-electron chi connectivity index (χ3n) is 4.22. The molecule has 1 amide bonds. The molecule has 0 aliphatic carbocycles. The van der Waals surface area contributed by atoms with Gasteiger partial charge in [-0.1, -0.05) is 42.5 Å². The molecule has 9 heteroatoms. The van der Waals surface area contributed by atoms with Gasteiger partial charge in [-0.15, -0.1) is 5.10 Å². The van der Waals surface area contributed by atoms with Crippen LogP contribution in [0.4, 0.5) is 0 Å². The molecule has 0 aliphatic heterocycles. The lowest BCUT2D eigenvalue weighted by molar-refractivity contribution is -0.152. The summed E-state index contributed by atoms with van der Waals surface area (Å²) in [7, 11) is 1.59. The van der Waals surface area contributed by atoms with E-state index in [1.807, 2.05) is 54.6 Å². The highest BCUT2D eigenvalue weighted by Gasteiger charge is 2.24. The maximum Gasteiger partial charge on any atom is 0.331 e. The minimum atomic E-state index is -0.762. The van der Waals surface area contributed by atoms with Gasteiger partial charge in [-0.25, -0.2) is 9.48 Å². The van der Waals surface area contributed by atoms with Crippen LogP contribution in [-0.2, 0) is 27.3 Å². The third kappa shape index (κ3) is 5.86. The van der Waals surface area contributed by atoms with Crippen molar-refractivity contribution in [1.29, 1.82) is 0 Å². The van der Waals surface area contributed by atoms with E-state index in [9.17, 15) is 9.59 Å². The van der Waals surface area contributed by atoms with Crippen LogP contribution in [0.25, 0.3) is 0 Å². The number of nitrogens with zero attached hydrogens (tertiary/aromatic N) is 4. The first-order valence-corrected chi connectivity index (χ1v) is 8.98. The van der Waals surface area contributed by atoms with Crippen molar-refractivity contribution in [2.45, 2.75) is 19.0 Å². The Kier molecular flexibility index (Phi) is 6.88. The van der Waals surface area contributed by atoms with Crippen molar-refractivity contribution in [3.63, 3.8) is 0 Å². The van der Waals surface area contributed by atoms with Crippen molar-refractivity contribution in [3.8, 4) is 5.75 Å². The number of rotatable bonds is 9. The summed E-state index contributed by atoms with van der Waals surface area (Å²) in [5, 5.41) is 13.7. The van der Waals surface area contributed by atoms with Crippen molar-refractivity contribution in [2.24, 2.45) is 0 Å². The number of amides is 1. The predicted molar refractivity (Wildman–Crippen MR) is 103 cm³/mol. The van der Waals surface area contributed by atoms with Gasteiger partial charge in [0.1, 0.15) is 12.1 Å². The second-order valence-electron chi connectivity index (χ2n) is 6.23. The number of methoxy groups -OCH3 is 1. The number of ether oxygens (including phenoxy) is 2. The standard InChI is InChI=1S/C20H21N5O4/c1-28-17-9-7-16(8-10-17)12-21-19(26)13-29-20(27)18(25-14-22-23-24-25)11-15-5-3-2-4-6-15/h2-10,14,18H,11-13H2,1H3,(H,21,26)/t18-/m0/s1. The highest BCUT2D eigenvalue weighted by Crippen LogP contribution is 2.15. The van der Waals surface area contributed by atoms with E-state index in [-0.39, 0.29) is 6.61 Å². The number of benzene rings is 2. The number of nitrogens with one attached hydrogen (secondary N) is 1. The fourth-order valence-corrected chi connectivity index (χ4v) is 2.66. The number of hydrogen-bond donors (Lipinski definition) is 1. The van der Waals surface area contributed by atoms with Crippen molar-refractivity contribution < 1.29 is 19.1 Å². The molecule has 9 nitrogen and oxygen atoms in total. The summed E-state index contributed by atoms with van der Waals surface area (Å²) in [5.74, 6) is -0.244. The summed E-state index contributed by atoms with van der Waals surface area (Å²) in [6.45, 7) is -0.0662. The molecule has 1 N–H and O–H groups in total. The van der Waals surface area contributed by atoms with Gasteiger partial charge < -0.3 is 14.8 Å². The summed E-state index contributed by atoms with van der Waals surface area (Å²) in [6, 6.07) is 16.0. The monoisotopic (exact) mass is 395 g/mol. The molecule has 0 radical (unpaired) electrons. The quantitative estimate of drug-likeness (QED) is 0.545. The predicted octanol–water partition coefficient (Wildman–Crippen LogP) is 1.33. The first-order chi connectivity index (χ1) is 14.2. The average Bonchev–Trinajstić information content (AvgIpc) is 3.30. The van der Waals surface area contributed by atoms with Crippen LogP contribution in [0.3, 0.4) is 0 Å². The van der Waals surface area contributed by atoms with E-state index in [4.69, 9.17) is 9.47 Å². The van der Waals surface area contributed by atoms with Crippen molar-refractivity contribution in [2.75, 3.05) is 13.7 Å². The van der Waals surface area contributed by atoms with E-state index >= 15 is 0 Å². The Labute approximate surface area is 167 Å². The lowest BCUT2D eigenvalue weighted by atomic mass is 10.1. The van der Waals surface area contributed by atoms with Gasteiger partial charge in [-0.2, -0.15) is 0 Å². The molecule has 0 aliphatic rings. The van der Waals surface area contributed by atoms with Crippen LogP contribution < -0.4 is 10.1 Å². The molecule has 29 heavy (non-hydrogen) atoms. The van der Waals surface area contributed by atoms with Crippen molar-refractivity contribution in [3.05, 3.63) is 72.1 Å². The van der Waals surface area contributed by atoms with Gasteiger partial charge in [0.05, 0.1) is 7.11 Å². The zero-order chi connectivity index (χ0) is 20.5.